The van der Waals surface area contributed by atoms with Gasteiger partial charge in [-0.05, 0) is 0 Å². The minimum absolute atomic E-state index is 0. The van der Waals surface area contributed by atoms with E-state index >= 15 is 0 Å². The van der Waals surface area contributed by atoms with Gasteiger partial charge in [-0.1, -0.05) is 0 Å². The molecule has 0 heterocycles. The third kappa shape index (κ3) is 78.3. The van der Waals surface area contributed by atoms with Crippen LogP contribution in [-0.2, 0) is 53.0 Å². The molecule has 0 unspecified atom stereocenters. The van der Waals surface area contributed by atoms with E-state index < -0.39 is 19.0 Å². The predicted octanol–water partition coefficient (Wildman–Crippen LogP) is -1.74. The van der Waals surface area contributed by atoms with Gasteiger partial charge in [-0.15, -0.1) is 0 Å². The molecule has 0 amide bonds. The van der Waals surface area contributed by atoms with E-state index in [0.717, 1.165) is 0 Å². The Kier molecular flexibility index (Phi) is 13.6. The van der Waals surface area contributed by atoms with E-state index in [4.69, 9.17) is 13.2 Å². The van der Waals surface area contributed by atoms with Crippen LogP contribution >= 0.6 is 0 Å². The Labute approximate surface area is 77.9 Å². The summed E-state index contributed by atoms with van der Waals surface area (Å²) in [4.78, 5) is 0. The fraction of sp³-hybridized carbons (Fsp3) is 0. The largest absolute Gasteiger partial charge is 0 e. The molecule has 0 fully saturated rings. The maximum absolute atomic E-state index is 8.85. The molecule has 36 valence electrons. The first kappa shape index (κ1) is 15.9. The minimum atomic E-state index is -5.52. The first-order chi connectivity index (χ1) is 2.00. The van der Waals surface area contributed by atoms with Gasteiger partial charge in [-0.25, -0.2) is 0 Å². The van der Waals surface area contributed by atoms with Gasteiger partial charge in [0, 0.05) is 46.8 Å². The van der Waals surface area contributed by atoms with Gasteiger partial charge in [0.2, 0.25) is 0 Å². The van der Waals surface area contributed by atoms with Crippen LogP contribution in [0.25, 0.3) is 0 Å². The third-order valence-electron chi connectivity index (χ3n) is 0. The summed E-state index contributed by atoms with van der Waals surface area (Å²) in [6.07, 6.45) is 0. The van der Waals surface area contributed by atoms with Crippen LogP contribution in [0.2, 0.25) is 0 Å². The molecule has 4 nitrogen and oxygen atoms in total. The Morgan fingerprint density at radius 2 is 1.14 bits per heavy atom. The molecule has 7 heavy (non-hydrogen) atoms. The van der Waals surface area contributed by atoms with E-state index in [-0.39, 0.29) is 46.8 Å². The molecule has 2 N–H and O–H groups in total. The maximum atomic E-state index is 8.85. The first-order valence-corrected chi connectivity index (χ1v) is 4.69. The van der Waals surface area contributed by atoms with Gasteiger partial charge >= 0.3 is 32.1 Å². The van der Waals surface area contributed by atoms with Crippen molar-refractivity contribution in [3.63, 3.8) is 0 Å². The standard InChI is InChI=1S/Cd.H2O4Te.Zn/c;1-5(2,3)4;/h;(H2,1,2,3,4);. The first-order valence-electron chi connectivity index (χ1n) is 0.698. The van der Waals surface area contributed by atoms with Crippen molar-refractivity contribution >= 4 is 19.0 Å². The van der Waals surface area contributed by atoms with Gasteiger partial charge in [0.05, 0.1) is 0 Å². The second-order valence-corrected chi connectivity index (χ2v) is 3.00. The zero-order valence-electron chi connectivity index (χ0n) is 3.53. The van der Waals surface area contributed by atoms with Crippen molar-refractivity contribution < 1.29 is 59.9 Å². The zero-order valence-corrected chi connectivity index (χ0v) is 12.9. The number of rotatable bonds is 0. The second kappa shape index (κ2) is 5.98. The van der Waals surface area contributed by atoms with Crippen molar-refractivity contribution in [1.29, 1.82) is 0 Å². The summed E-state index contributed by atoms with van der Waals surface area (Å²) in [7, 11) is 0. The van der Waals surface area contributed by atoms with Crippen LogP contribution in [0.3, 0.4) is 0 Å². The van der Waals surface area contributed by atoms with Gasteiger partial charge in [0.1, 0.15) is 0 Å². The van der Waals surface area contributed by atoms with E-state index in [0.29, 0.717) is 0 Å². The zero-order chi connectivity index (χ0) is 4.50. The third-order valence-corrected chi connectivity index (χ3v) is 0. The van der Waals surface area contributed by atoms with Crippen LogP contribution in [0.4, 0.5) is 0 Å². The van der Waals surface area contributed by atoms with Crippen molar-refractivity contribution in [3.05, 3.63) is 0 Å². The average Bonchev–Trinajstić information content (AvgIpc) is 0.722. The van der Waals surface area contributed by atoms with Gasteiger partial charge in [0.25, 0.3) is 0 Å². The van der Waals surface area contributed by atoms with E-state index in [1.807, 2.05) is 0 Å². The Morgan fingerprint density at radius 3 is 1.14 bits per heavy atom. The monoisotopic (exact) mass is 374 g/mol. The molecule has 0 rings (SSSR count). The van der Waals surface area contributed by atoms with Crippen molar-refractivity contribution in [2.24, 2.45) is 0 Å². The quantitative estimate of drug-likeness (QED) is 0.496. The molecule has 0 saturated heterocycles. The molecule has 7 heteroatoms. The topological polar surface area (TPSA) is 74.6 Å². The summed E-state index contributed by atoms with van der Waals surface area (Å²) < 4.78 is 32.0. The van der Waals surface area contributed by atoms with Gasteiger partial charge in [0.15, 0.2) is 0 Å². The molecule has 0 aliphatic heterocycles. The molecular weight excluding hydrogens is 369 g/mol. The van der Waals surface area contributed by atoms with Crippen LogP contribution in [-0.4, -0.2) is 25.9 Å². The van der Waals surface area contributed by atoms with Crippen LogP contribution in [0.1, 0.15) is 0 Å². The molecule has 0 bridgehead atoms. The summed E-state index contributed by atoms with van der Waals surface area (Å²) >= 11 is -5.52. The smallest absolute Gasteiger partial charge is 0 e. The summed E-state index contributed by atoms with van der Waals surface area (Å²) in [5, 5.41) is 0. The summed E-state index contributed by atoms with van der Waals surface area (Å²) in [6.45, 7) is 0. The van der Waals surface area contributed by atoms with E-state index in [9.17, 15) is 0 Å². The SMILES string of the molecule is O=[Te](=O)(O)O.[Cd].[Zn]. The van der Waals surface area contributed by atoms with E-state index in [1.54, 1.807) is 0 Å². The van der Waals surface area contributed by atoms with Crippen molar-refractivity contribution in [1.82, 2.24) is 0 Å². The van der Waals surface area contributed by atoms with Crippen LogP contribution in [0.15, 0.2) is 0 Å². The Hall–Kier alpha value is 1.86. The molecular formula is H2CdO4TeZn. The second-order valence-electron chi connectivity index (χ2n) is 0.448. The molecule has 0 spiro atoms. The van der Waals surface area contributed by atoms with Crippen molar-refractivity contribution in [3.8, 4) is 0 Å². The van der Waals surface area contributed by atoms with Crippen LogP contribution < -0.4 is 0 Å². The molecule has 0 aromatic rings. The predicted molar refractivity (Wildman–Crippen MR) is 11.6 cm³/mol. The van der Waals surface area contributed by atoms with Crippen molar-refractivity contribution in [2.45, 2.75) is 0 Å². The summed E-state index contributed by atoms with van der Waals surface area (Å²) in [5.74, 6) is 0. The summed E-state index contributed by atoms with van der Waals surface area (Å²) in [6, 6.07) is 0. The van der Waals surface area contributed by atoms with Gasteiger partial charge < -0.3 is 0 Å². The molecule has 0 radical (unpaired) electrons. The molecule has 0 aliphatic carbocycles. The van der Waals surface area contributed by atoms with E-state index in [1.165, 1.54) is 0 Å². The Morgan fingerprint density at radius 1 is 1.14 bits per heavy atom. The number of hydrogen-bond acceptors (Lipinski definition) is 2. The molecule has 0 aliphatic rings. The molecule has 0 aromatic heterocycles. The fourth-order valence-corrected chi connectivity index (χ4v) is 0. The van der Waals surface area contributed by atoms with Crippen LogP contribution in [0, 0.1) is 0 Å². The number of hydrogen-bond donors (Lipinski definition) is 2. The minimum Gasteiger partial charge on any atom is 0 e. The fourth-order valence-electron chi connectivity index (χ4n) is 0. The van der Waals surface area contributed by atoms with Gasteiger partial charge in [-0.2, -0.15) is 0 Å². The Balaban J connectivity index is -0.0000000800. The van der Waals surface area contributed by atoms with E-state index in [2.05, 4.69) is 0 Å². The molecule has 0 aromatic carbocycles. The average molecular weight is 371 g/mol. The van der Waals surface area contributed by atoms with Gasteiger partial charge in [-0.3, -0.25) is 0 Å². The normalized spacial score (nSPS) is 8.29. The summed E-state index contributed by atoms with van der Waals surface area (Å²) in [5.41, 5.74) is 0. The maximum Gasteiger partial charge on any atom is 0 e. The molecule has 0 atom stereocenters. The Bertz CT molecular complexity index is 94.9. The van der Waals surface area contributed by atoms with Crippen molar-refractivity contribution in [2.75, 3.05) is 0 Å². The molecule has 0 saturated carbocycles. The van der Waals surface area contributed by atoms with Crippen LogP contribution in [0.5, 0.6) is 0 Å².